The highest BCUT2D eigenvalue weighted by atomic mass is 16.5. The van der Waals surface area contributed by atoms with Gasteiger partial charge in [0, 0.05) is 13.7 Å². The number of ether oxygens (including phenoxy) is 1. The lowest BCUT2D eigenvalue weighted by molar-refractivity contribution is -0.135. The first kappa shape index (κ1) is 11.5. The fourth-order valence-corrected chi connectivity index (χ4v) is 1.95. The van der Waals surface area contributed by atoms with E-state index in [2.05, 4.69) is 5.32 Å². The Labute approximate surface area is 85.6 Å². The van der Waals surface area contributed by atoms with Gasteiger partial charge in [0.25, 0.3) is 0 Å². The molecule has 0 radical (unpaired) electrons. The van der Waals surface area contributed by atoms with Gasteiger partial charge in [-0.3, -0.25) is 4.79 Å². The summed E-state index contributed by atoms with van der Waals surface area (Å²) in [4.78, 5) is 13.6. The Kier molecular flexibility index (Phi) is 4.90. The molecule has 0 aromatic heterocycles. The average Bonchev–Trinajstić information content (AvgIpc) is 2.19. The van der Waals surface area contributed by atoms with Gasteiger partial charge in [-0.2, -0.15) is 0 Å². The lowest BCUT2D eigenvalue weighted by atomic mass is 10.0. The van der Waals surface area contributed by atoms with Crippen LogP contribution in [0.25, 0.3) is 0 Å². The predicted octanol–water partition coefficient (Wildman–Crippen LogP) is 0.233. The molecule has 0 aromatic rings. The van der Waals surface area contributed by atoms with Gasteiger partial charge in [-0.1, -0.05) is 0 Å². The van der Waals surface area contributed by atoms with Gasteiger partial charge in [0.05, 0.1) is 19.2 Å². The molecule has 1 fully saturated rings. The van der Waals surface area contributed by atoms with Crippen molar-refractivity contribution in [1.29, 1.82) is 0 Å². The molecule has 1 atom stereocenters. The van der Waals surface area contributed by atoms with E-state index in [1.807, 2.05) is 4.90 Å². The third-order valence-corrected chi connectivity index (χ3v) is 2.63. The lowest BCUT2D eigenvalue weighted by Crippen LogP contribution is -2.48. The number of amides is 1. The predicted molar refractivity (Wildman–Crippen MR) is 55.2 cm³/mol. The highest BCUT2D eigenvalue weighted by molar-refractivity contribution is 5.78. The van der Waals surface area contributed by atoms with E-state index >= 15 is 0 Å². The van der Waals surface area contributed by atoms with Gasteiger partial charge in [0.15, 0.2) is 0 Å². The summed E-state index contributed by atoms with van der Waals surface area (Å²) >= 11 is 0. The summed E-state index contributed by atoms with van der Waals surface area (Å²) in [7, 11) is 3.49. The Bertz CT molecular complexity index is 183. The van der Waals surface area contributed by atoms with Crippen LogP contribution in [0, 0.1) is 0 Å². The SMILES string of the molecule is CNCC(=O)N1CCCC[C@@H]1COC. The molecule has 0 bridgehead atoms. The van der Waals surface area contributed by atoms with Crippen molar-refractivity contribution in [2.75, 3.05) is 33.9 Å². The van der Waals surface area contributed by atoms with Crippen LogP contribution in [0.5, 0.6) is 0 Å². The van der Waals surface area contributed by atoms with Crippen LogP contribution in [-0.2, 0) is 9.53 Å². The van der Waals surface area contributed by atoms with E-state index < -0.39 is 0 Å². The molecular weight excluding hydrogens is 180 g/mol. The van der Waals surface area contributed by atoms with Gasteiger partial charge in [-0.25, -0.2) is 0 Å². The third kappa shape index (κ3) is 2.96. The van der Waals surface area contributed by atoms with Crippen molar-refractivity contribution in [2.24, 2.45) is 0 Å². The first-order valence-corrected chi connectivity index (χ1v) is 5.22. The molecule has 1 N–H and O–H groups in total. The first-order chi connectivity index (χ1) is 6.79. The van der Waals surface area contributed by atoms with E-state index in [0.29, 0.717) is 13.2 Å². The maximum absolute atomic E-state index is 11.7. The van der Waals surface area contributed by atoms with E-state index in [4.69, 9.17) is 4.74 Å². The van der Waals surface area contributed by atoms with Crippen LogP contribution in [0.3, 0.4) is 0 Å². The molecule has 0 aromatic carbocycles. The number of likely N-dealkylation sites (N-methyl/N-ethyl adjacent to an activating group) is 1. The van der Waals surface area contributed by atoms with Crippen molar-refractivity contribution >= 4 is 5.91 Å². The quantitative estimate of drug-likeness (QED) is 0.706. The Balaban J connectivity index is 2.48. The van der Waals surface area contributed by atoms with Gasteiger partial charge in [0.2, 0.25) is 5.91 Å². The molecule has 4 heteroatoms. The number of hydrogen-bond donors (Lipinski definition) is 1. The Morgan fingerprint density at radius 3 is 3.00 bits per heavy atom. The van der Waals surface area contributed by atoms with Crippen LogP contribution in [0.2, 0.25) is 0 Å². The monoisotopic (exact) mass is 200 g/mol. The molecule has 1 rings (SSSR count). The highest BCUT2D eigenvalue weighted by Gasteiger charge is 2.25. The van der Waals surface area contributed by atoms with E-state index in [1.165, 1.54) is 6.42 Å². The molecule has 14 heavy (non-hydrogen) atoms. The topological polar surface area (TPSA) is 41.6 Å². The highest BCUT2D eigenvalue weighted by Crippen LogP contribution is 2.16. The molecule has 1 aliphatic rings. The van der Waals surface area contributed by atoms with Crippen LogP contribution in [0.1, 0.15) is 19.3 Å². The molecule has 1 amide bonds. The zero-order valence-electron chi connectivity index (χ0n) is 9.08. The van der Waals surface area contributed by atoms with Crippen molar-refractivity contribution in [3.8, 4) is 0 Å². The molecule has 1 aliphatic heterocycles. The largest absolute Gasteiger partial charge is 0.383 e. The fourth-order valence-electron chi connectivity index (χ4n) is 1.95. The van der Waals surface area contributed by atoms with E-state index in [0.717, 1.165) is 19.4 Å². The number of likely N-dealkylation sites (tertiary alicyclic amines) is 1. The molecular formula is C10H20N2O2. The molecule has 82 valence electrons. The molecule has 0 aliphatic carbocycles. The van der Waals surface area contributed by atoms with Crippen LogP contribution >= 0.6 is 0 Å². The summed E-state index contributed by atoms with van der Waals surface area (Å²) in [5, 5.41) is 2.90. The molecule has 1 heterocycles. The number of carbonyl (C=O) groups is 1. The van der Waals surface area contributed by atoms with Crippen molar-refractivity contribution in [3.05, 3.63) is 0 Å². The average molecular weight is 200 g/mol. The van der Waals surface area contributed by atoms with Gasteiger partial charge >= 0.3 is 0 Å². The number of piperidine rings is 1. The van der Waals surface area contributed by atoms with Crippen LogP contribution in [0.15, 0.2) is 0 Å². The van der Waals surface area contributed by atoms with Gasteiger partial charge in [0.1, 0.15) is 0 Å². The van der Waals surface area contributed by atoms with E-state index in [9.17, 15) is 4.79 Å². The lowest BCUT2D eigenvalue weighted by Gasteiger charge is -2.35. The standard InChI is InChI=1S/C10H20N2O2/c1-11-7-10(13)12-6-4-3-5-9(12)8-14-2/h9,11H,3-8H2,1-2H3/t9-/m1/s1. The number of rotatable bonds is 4. The Morgan fingerprint density at radius 1 is 1.57 bits per heavy atom. The number of methoxy groups -OCH3 is 1. The zero-order valence-corrected chi connectivity index (χ0v) is 9.08. The smallest absolute Gasteiger partial charge is 0.236 e. The summed E-state index contributed by atoms with van der Waals surface area (Å²) in [6.07, 6.45) is 3.40. The van der Waals surface area contributed by atoms with Crippen molar-refractivity contribution in [2.45, 2.75) is 25.3 Å². The summed E-state index contributed by atoms with van der Waals surface area (Å²) in [5.41, 5.74) is 0. The normalized spacial score (nSPS) is 22.4. The van der Waals surface area contributed by atoms with Crippen molar-refractivity contribution in [1.82, 2.24) is 10.2 Å². The summed E-state index contributed by atoms with van der Waals surface area (Å²) in [5.74, 6) is 0.189. The summed E-state index contributed by atoms with van der Waals surface area (Å²) < 4.78 is 5.13. The minimum absolute atomic E-state index is 0.189. The molecule has 0 spiro atoms. The van der Waals surface area contributed by atoms with Gasteiger partial charge in [-0.05, 0) is 26.3 Å². The number of hydrogen-bond acceptors (Lipinski definition) is 3. The van der Waals surface area contributed by atoms with Crippen LogP contribution in [-0.4, -0.2) is 50.7 Å². The molecule has 0 unspecified atom stereocenters. The molecule has 4 nitrogen and oxygen atoms in total. The minimum atomic E-state index is 0.189. The van der Waals surface area contributed by atoms with E-state index in [1.54, 1.807) is 14.2 Å². The van der Waals surface area contributed by atoms with E-state index in [-0.39, 0.29) is 11.9 Å². The fraction of sp³-hybridized carbons (Fsp3) is 0.900. The maximum atomic E-state index is 11.7. The Morgan fingerprint density at radius 2 is 2.36 bits per heavy atom. The second kappa shape index (κ2) is 5.98. The maximum Gasteiger partial charge on any atom is 0.236 e. The van der Waals surface area contributed by atoms with Crippen molar-refractivity contribution < 1.29 is 9.53 Å². The first-order valence-electron chi connectivity index (χ1n) is 5.22. The van der Waals surface area contributed by atoms with Crippen LogP contribution < -0.4 is 5.32 Å². The second-order valence-corrected chi connectivity index (χ2v) is 3.72. The summed E-state index contributed by atoms with van der Waals surface area (Å²) in [6.45, 7) is 1.98. The number of nitrogens with one attached hydrogen (secondary N) is 1. The molecule has 0 saturated carbocycles. The Hall–Kier alpha value is -0.610. The summed E-state index contributed by atoms with van der Waals surface area (Å²) in [6, 6.07) is 0.287. The van der Waals surface area contributed by atoms with Gasteiger partial charge < -0.3 is 15.0 Å². The minimum Gasteiger partial charge on any atom is -0.383 e. The molecule has 1 saturated heterocycles. The third-order valence-electron chi connectivity index (χ3n) is 2.63. The van der Waals surface area contributed by atoms with Crippen LogP contribution in [0.4, 0.5) is 0 Å². The van der Waals surface area contributed by atoms with Crippen molar-refractivity contribution in [3.63, 3.8) is 0 Å². The second-order valence-electron chi connectivity index (χ2n) is 3.72. The number of carbonyl (C=O) groups excluding carboxylic acids is 1. The number of nitrogens with zero attached hydrogens (tertiary/aromatic N) is 1. The zero-order chi connectivity index (χ0) is 10.4. The van der Waals surface area contributed by atoms with Gasteiger partial charge in [-0.15, -0.1) is 0 Å².